The number of hydrogen-bond acceptors (Lipinski definition) is 3. The fourth-order valence-electron chi connectivity index (χ4n) is 1.71. The second-order valence-electron chi connectivity index (χ2n) is 4.33. The first-order valence-corrected chi connectivity index (χ1v) is 5.52. The van der Waals surface area contributed by atoms with Crippen molar-refractivity contribution in [2.75, 3.05) is 0 Å². The van der Waals surface area contributed by atoms with Gasteiger partial charge in [0.1, 0.15) is 0 Å². The molecule has 4 nitrogen and oxygen atoms in total. The van der Waals surface area contributed by atoms with Gasteiger partial charge >= 0.3 is 0 Å². The predicted octanol–water partition coefficient (Wildman–Crippen LogP) is 1.77. The molecule has 0 unspecified atom stereocenters. The Morgan fingerprint density at radius 1 is 1.29 bits per heavy atom. The maximum Gasteiger partial charge on any atom is 0.280 e. The number of nitrogens with zero attached hydrogens (tertiary/aromatic N) is 2. The fraction of sp³-hybridized carbons (Fsp3) is 0.308. The number of carbonyl (C=O) groups is 1. The van der Waals surface area contributed by atoms with Gasteiger partial charge in [0.15, 0.2) is 11.5 Å². The van der Waals surface area contributed by atoms with Crippen LogP contribution in [-0.4, -0.2) is 15.3 Å². The van der Waals surface area contributed by atoms with E-state index in [0.717, 1.165) is 5.52 Å². The minimum atomic E-state index is -0.331. The van der Waals surface area contributed by atoms with Gasteiger partial charge < -0.3 is 4.57 Å². The first-order valence-electron chi connectivity index (χ1n) is 5.52. The first-order chi connectivity index (χ1) is 8.02. The molecule has 0 saturated heterocycles. The van der Waals surface area contributed by atoms with Crippen molar-refractivity contribution in [1.29, 1.82) is 0 Å². The highest BCUT2D eigenvalue weighted by Crippen LogP contribution is 2.10. The highest BCUT2D eigenvalue weighted by atomic mass is 16.1. The molecule has 0 bridgehead atoms. The van der Waals surface area contributed by atoms with Gasteiger partial charge in [0, 0.05) is 13.0 Å². The van der Waals surface area contributed by atoms with Gasteiger partial charge in [0.05, 0.1) is 11.0 Å². The van der Waals surface area contributed by atoms with Crippen LogP contribution in [0.3, 0.4) is 0 Å². The van der Waals surface area contributed by atoms with Crippen LogP contribution in [0.15, 0.2) is 29.1 Å². The summed E-state index contributed by atoms with van der Waals surface area (Å²) in [7, 11) is 1.66. The molecule has 88 valence electrons. The summed E-state index contributed by atoms with van der Waals surface area (Å²) < 4.78 is 1.47. The minimum absolute atomic E-state index is 0.0289. The lowest BCUT2D eigenvalue weighted by Gasteiger charge is -2.08. The summed E-state index contributed by atoms with van der Waals surface area (Å²) in [6.45, 7) is 3.53. The van der Waals surface area contributed by atoms with Crippen molar-refractivity contribution in [3.8, 4) is 0 Å². The van der Waals surface area contributed by atoms with Crippen molar-refractivity contribution in [3.05, 3.63) is 40.3 Å². The molecule has 0 aliphatic rings. The SMILES string of the molecule is CC(C)C(=O)c1nc2ccccc2n(C)c1=O. The normalized spacial score (nSPS) is 11.1. The van der Waals surface area contributed by atoms with Gasteiger partial charge in [0.2, 0.25) is 0 Å². The van der Waals surface area contributed by atoms with Crippen molar-refractivity contribution >= 4 is 16.8 Å². The zero-order valence-electron chi connectivity index (χ0n) is 10.1. The average molecular weight is 230 g/mol. The summed E-state index contributed by atoms with van der Waals surface area (Å²) in [5, 5.41) is 0. The fourth-order valence-corrected chi connectivity index (χ4v) is 1.71. The van der Waals surface area contributed by atoms with Crippen LogP contribution in [0.5, 0.6) is 0 Å². The monoisotopic (exact) mass is 230 g/mol. The topological polar surface area (TPSA) is 52.0 Å². The Kier molecular flexibility index (Phi) is 2.79. The van der Waals surface area contributed by atoms with Crippen molar-refractivity contribution in [2.45, 2.75) is 13.8 Å². The Labute approximate surface area is 98.9 Å². The summed E-state index contributed by atoms with van der Waals surface area (Å²) >= 11 is 0. The number of Topliss-reactive ketones (excluding diaryl/α,β-unsaturated/α-hetero) is 1. The molecule has 2 aromatic rings. The highest BCUT2D eigenvalue weighted by Gasteiger charge is 2.18. The van der Waals surface area contributed by atoms with Gasteiger partial charge in [-0.1, -0.05) is 26.0 Å². The predicted molar refractivity (Wildman–Crippen MR) is 66.2 cm³/mol. The van der Waals surface area contributed by atoms with Crippen LogP contribution in [0.1, 0.15) is 24.3 Å². The molecular weight excluding hydrogens is 216 g/mol. The summed E-state index contributed by atoms with van der Waals surface area (Å²) in [6.07, 6.45) is 0. The molecule has 1 heterocycles. The van der Waals surface area contributed by atoms with Gasteiger partial charge in [-0.3, -0.25) is 9.59 Å². The molecule has 0 atom stereocenters. The van der Waals surface area contributed by atoms with Crippen LogP contribution in [-0.2, 0) is 7.05 Å². The number of carbonyl (C=O) groups excluding carboxylic acids is 1. The molecule has 0 N–H and O–H groups in total. The number of aromatic nitrogens is 2. The Morgan fingerprint density at radius 2 is 1.94 bits per heavy atom. The molecule has 0 amide bonds. The summed E-state index contributed by atoms with van der Waals surface area (Å²) in [5.74, 6) is -0.437. The number of fused-ring (bicyclic) bond motifs is 1. The van der Waals surface area contributed by atoms with Crippen LogP contribution in [0, 0.1) is 5.92 Å². The van der Waals surface area contributed by atoms with Gasteiger partial charge in [-0.15, -0.1) is 0 Å². The maximum atomic E-state index is 12.0. The number of rotatable bonds is 2. The highest BCUT2D eigenvalue weighted by molar-refractivity contribution is 5.96. The number of para-hydroxylation sites is 2. The Balaban J connectivity index is 2.79. The maximum absolute atomic E-state index is 12.0. The largest absolute Gasteiger partial charge is 0.308 e. The lowest BCUT2D eigenvalue weighted by Crippen LogP contribution is -2.28. The van der Waals surface area contributed by atoms with E-state index in [1.54, 1.807) is 27.0 Å². The van der Waals surface area contributed by atoms with Crippen LogP contribution < -0.4 is 5.56 Å². The second-order valence-corrected chi connectivity index (χ2v) is 4.33. The first kappa shape index (κ1) is 11.5. The zero-order valence-corrected chi connectivity index (χ0v) is 10.1. The lowest BCUT2D eigenvalue weighted by atomic mass is 10.1. The van der Waals surface area contributed by atoms with E-state index in [1.807, 2.05) is 18.2 Å². The van der Waals surface area contributed by atoms with E-state index in [0.29, 0.717) is 5.52 Å². The average Bonchev–Trinajstić information content (AvgIpc) is 2.33. The Bertz CT molecular complexity index is 641. The van der Waals surface area contributed by atoms with Gasteiger partial charge in [-0.25, -0.2) is 4.98 Å². The van der Waals surface area contributed by atoms with Gasteiger partial charge in [0.25, 0.3) is 5.56 Å². The molecule has 0 saturated carbocycles. The van der Waals surface area contributed by atoms with Crippen LogP contribution in [0.4, 0.5) is 0 Å². The van der Waals surface area contributed by atoms with E-state index in [4.69, 9.17) is 0 Å². The molecular formula is C13H14N2O2. The van der Waals surface area contributed by atoms with E-state index in [1.165, 1.54) is 4.57 Å². The third-order valence-electron chi connectivity index (χ3n) is 2.74. The van der Waals surface area contributed by atoms with Gasteiger partial charge in [-0.2, -0.15) is 0 Å². The summed E-state index contributed by atoms with van der Waals surface area (Å²) in [5.41, 5.74) is 1.10. The molecule has 17 heavy (non-hydrogen) atoms. The van der Waals surface area contributed by atoms with E-state index < -0.39 is 0 Å². The van der Waals surface area contributed by atoms with Crippen LogP contribution in [0.2, 0.25) is 0 Å². The molecule has 0 aliphatic carbocycles. The van der Waals surface area contributed by atoms with E-state index in [-0.39, 0.29) is 23.0 Å². The third kappa shape index (κ3) is 1.86. The van der Waals surface area contributed by atoms with Crippen LogP contribution in [0.25, 0.3) is 11.0 Å². The Morgan fingerprint density at radius 3 is 2.59 bits per heavy atom. The summed E-state index contributed by atoms with van der Waals surface area (Å²) in [6, 6.07) is 7.29. The number of hydrogen-bond donors (Lipinski definition) is 0. The smallest absolute Gasteiger partial charge is 0.280 e. The lowest BCUT2D eigenvalue weighted by molar-refractivity contribution is 0.0932. The van der Waals surface area contributed by atoms with E-state index >= 15 is 0 Å². The zero-order chi connectivity index (χ0) is 12.6. The number of benzene rings is 1. The molecule has 1 aromatic heterocycles. The van der Waals surface area contributed by atoms with Gasteiger partial charge in [-0.05, 0) is 12.1 Å². The van der Waals surface area contributed by atoms with E-state index in [9.17, 15) is 9.59 Å². The molecule has 0 fully saturated rings. The van der Waals surface area contributed by atoms with E-state index in [2.05, 4.69) is 4.98 Å². The molecule has 0 radical (unpaired) electrons. The van der Waals surface area contributed by atoms with Crippen LogP contribution >= 0.6 is 0 Å². The molecule has 0 aliphatic heterocycles. The number of aryl methyl sites for hydroxylation is 1. The minimum Gasteiger partial charge on any atom is -0.308 e. The third-order valence-corrected chi connectivity index (χ3v) is 2.74. The summed E-state index contributed by atoms with van der Waals surface area (Å²) in [4.78, 5) is 28.1. The second kappa shape index (κ2) is 4.13. The Hall–Kier alpha value is -1.97. The molecule has 2 rings (SSSR count). The van der Waals surface area contributed by atoms with Crippen molar-refractivity contribution in [1.82, 2.24) is 9.55 Å². The molecule has 1 aromatic carbocycles. The quantitative estimate of drug-likeness (QED) is 0.739. The molecule has 4 heteroatoms. The van der Waals surface area contributed by atoms with Crippen molar-refractivity contribution in [3.63, 3.8) is 0 Å². The number of ketones is 1. The van der Waals surface area contributed by atoms with Crippen molar-refractivity contribution < 1.29 is 4.79 Å². The standard InChI is InChI=1S/C13H14N2O2/c1-8(2)12(16)11-13(17)15(3)10-7-5-4-6-9(10)14-11/h4-8H,1-3H3. The van der Waals surface area contributed by atoms with Crippen molar-refractivity contribution in [2.24, 2.45) is 13.0 Å². The molecule has 0 spiro atoms.